The van der Waals surface area contributed by atoms with E-state index < -0.39 is 11.7 Å². The van der Waals surface area contributed by atoms with Crippen LogP contribution in [0.1, 0.15) is 5.56 Å². The highest BCUT2D eigenvalue weighted by Gasteiger charge is 2.32. The zero-order valence-corrected chi connectivity index (χ0v) is 11.3. The lowest BCUT2D eigenvalue weighted by Gasteiger charge is -2.13. The second-order valence-corrected chi connectivity index (χ2v) is 4.71. The molecule has 1 aromatic carbocycles. The highest BCUT2D eigenvalue weighted by molar-refractivity contribution is 7.71. The lowest BCUT2D eigenvalue weighted by molar-refractivity contribution is -0.137. The number of benzene rings is 1. The number of nitrogens with two attached hydrogens (primary N) is 1. The van der Waals surface area contributed by atoms with Crippen LogP contribution in [0.2, 0.25) is 10.0 Å². The summed E-state index contributed by atoms with van der Waals surface area (Å²) < 4.78 is 38.9. The van der Waals surface area contributed by atoms with Crippen LogP contribution >= 0.6 is 35.4 Å². The molecule has 0 fully saturated rings. The molecule has 0 aliphatic heterocycles. The highest BCUT2D eigenvalue weighted by Crippen LogP contribution is 2.37. The van der Waals surface area contributed by atoms with Gasteiger partial charge in [0, 0.05) is 0 Å². The number of anilines is 1. The van der Waals surface area contributed by atoms with Gasteiger partial charge in [0.1, 0.15) is 5.69 Å². The Morgan fingerprint density at radius 3 is 2.16 bits per heavy atom. The fourth-order valence-electron chi connectivity index (χ4n) is 1.45. The molecule has 0 atom stereocenters. The van der Waals surface area contributed by atoms with E-state index >= 15 is 0 Å². The largest absolute Gasteiger partial charge is 0.416 e. The van der Waals surface area contributed by atoms with E-state index in [1.165, 1.54) is 0 Å². The number of halogens is 5. The Morgan fingerprint density at radius 1 is 1.26 bits per heavy atom. The van der Waals surface area contributed by atoms with Gasteiger partial charge in [0.15, 0.2) is 0 Å². The van der Waals surface area contributed by atoms with Gasteiger partial charge >= 0.3 is 6.18 Å². The van der Waals surface area contributed by atoms with Crippen molar-refractivity contribution in [3.8, 4) is 5.69 Å². The Labute approximate surface area is 119 Å². The molecular weight excluding hydrogens is 324 g/mol. The van der Waals surface area contributed by atoms with Crippen molar-refractivity contribution in [1.29, 1.82) is 0 Å². The lowest BCUT2D eigenvalue weighted by Crippen LogP contribution is -2.08. The Hall–Kier alpha value is -1.25. The van der Waals surface area contributed by atoms with Gasteiger partial charge in [-0.15, -0.1) is 0 Å². The number of nitrogens with zero attached hydrogens (tertiary/aromatic N) is 2. The molecule has 0 bridgehead atoms. The van der Waals surface area contributed by atoms with Crippen molar-refractivity contribution < 1.29 is 13.2 Å². The Balaban J connectivity index is 2.67. The van der Waals surface area contributed by atoms with Gasteiger partial charge < -0.3 is 5.73 Å². The zero-order valence-electron chi connectivity index (χ0n) is 8.92. The summed E-state index contributed by atoms with van der Waals surface area (Å²) in [6.45, 7) is 0. The minimum atomic E-state index is -4.54. The summed E-state index contributed by atoms with van der Waals surface area (Å²) in [4.78, 5) is 3.70. The summed E-state index contributed by atoms with van der Waals surface area (Å²) in [7, 11) is 0. The molecule has 4 nitrogen and oxygen atoms in total. The number of aromatic nitrogens is 3. The smallest absolute Gasteiger partial charge is 0.368 e. The molecule has 0 saturated carbocycles. The summed E-state index contributed by atoms with van der Waals surface area (Å²) in [5, 5.41) is 2.09. The van der Waals surface area contributed by atoms with E-state index in [0.717, 1.165) is 16.8 Å². The molecule has 19 heavy (non-hydrogen) atoms. The van der Waals surface area contributed by atoms with Gasteiger partial charge in [-0.25, -0.2) is 4.68 Å². The summed E-state index contributed by atoms with van der Waals surface area (Å²) in [6.07, 6.45) is -4.54. The molecule has 0 aliphatic rings. The van der Waals surface area contributed by atoms with Crippen LogP contribution in [-0.4, -0.2) is 14.8 Å². The molecule has 0 spiro atoms. The van der Waals surface area contributed by atoms with E-state index in [1.54, 1.807) is 0 Å². The van der Waals surface area contributed by atoms with E-state index in [0.29, 0.717) is 0 Å². The maximum atomic E-state index is 12.6. The highest BCUT2D eigenvalue weighted by atomic mass is 35.5. The molecule has 0 saturated heterocycles. The van der Waals surface area contributed by atoms with Crippen LogP contribution in [0.5, 0.6) is 0 Å². The third kappa shape index (κ3) is 2.70. The molecule has 10 heteroatoms. The van der Waals surface area contributed by atoms with E-state index in [1.807, 2.05) is 0 Å². The Bertz CT molecular complexity index is 668. The molecule has 0 amide bonds. The van der Waals surface area contributed by atoms with Crippen molar-refractivity contribution in [2.45, 2.75) is 6.18 Å². The third-order valence-electron chi connectivity index (χ3n) is 2.22. The number of hydrogen-bond acceptors (Lipinski definition) is 3. The van der Waals surface area contributed by atoms with E-state index in [9.17, 15) is 13.2 Å². The monoisotopic (exact) mass is 328 g/mol. The van der Waals surface area contributed by atoms with Crippen molar-refractivity contribution in [1.82, 2.24) is 14.8 Å². The van der Waals surface area contributed by atoms with Gasteiger partial charge in [-0.1, -0.05) is 23.2 Å². The van der Waals surface area contributed by atoms with Crippen molar-refractivity contribution in [2.75, 3.05) is 5.73 Å². The maximum absolute atomic E-state index is 12.6. The number of hydrogen-bond donors (Lipinski definition) is 2. The van der Waals surface area contributed by atoms with Crippen LogP contribution in [0.4, 0.5) is 19.1 Å². The lowest BCUT2D eigenvalue weighted by atomic mass is 10.2. The van der Waals surface area contributed by atoms with E-state index in [2.05, 4.69) is 10.1 Å². The van der Waals surface area contributed by atoms with Gasteiger partial charge in [-0.2, -0.15) is 18.2 Å². The molecule has 0 unspecified atom stereocenters. The Morgan fingerprint density at radius 2 is 1.79 bits per heavy atom. The second-order valence-electron chi connectivity index (χ2n) is 3.51. The van der Waals surface area contributed by atoms with Crippen LogP contribution in [0.25, 0.3) is 5.69 Å². The molecule has 2 rings (SSSR count). The van der Waals surface area contributed by atoms with Crippen LogP contribution in [-0.2, 0) is 6.18 Å². The van der Waals surface area contributed by atoms with Crippen molar-refractivity contribution in [3.63, 3.8) is 0 Å². The normalized spacial score (nSPS) is 11.8. The first kappa shape index (κ1) is 14.2. The van der Waals surface area contributed by atoms with E-state index in [-0.39, 0.29) is 26.5 Å². The number of nitrogens with one attached hydrogen (secondary N) is 1. The van der Waals surface area contributed by atoms with Gasteiger partial charge in [0.05, 0.1) is 15.6 Å². The SMILES string of the molecule is Nc1nc(=S)[nH]n1-c1c(Cl)cc(C(F)(F)F)cc1Cl. The summed E-state index contributed by atoms with van der Waals surface area (Å²) in [6, 6.07) is 1.50. The minimum Gasteiger partial charge on any atom is -0.368 e. The number of alkyl halides is 3. The topological polar surface area (TPSA) is 59.6 Å². The first-order chi connectivity index (χ1) is 8.70. The predicted octanol–water partition coefficient (Wildman–Crippen LogP) is 3.84. The number of aromatic amines is 1. The molecule has 0 aliphatic carbocycles. The average molecular weight is 329 g/mol. The van der Waals surface area contributed by atoms with E-state index in [4.69, 9.17) is 41.2 Å². The standard InChI is InChI=1S/C9H5Cl2F3N4S/c10-4-1-3(9(12,13)14)2-5(11)6(4)18-7(15)16-8(19)17-18/h1-2H,(H3,15,16,17,19). The fourth-order valence-corrected chi connectivity index (χ4v) is 2.29. The summed E-state index contributed by atoms with van der Waals surface area (Å²) in [5.74, 6) is -0.0615. The number of nitrogen functional groups attached to an aromatic ring is 1. The van der Waals surface area contributed by atoms with Crippen LogP contribution < -0.4 is 5.73 Å². The first-order valence-electron chi connectivity index (χ1n) is 4.71. The predicted molar refractivity (Wildman–Crippen MR) is 68.2 cm³/mol. The van der Waals surface area contributed by atoms with Gasteiger partial charge in [0.25, 0.3) is 0 Å². The molecule has 1 aromatic heterocycles. The molecule has 0 radical (unpaired) electrons. The molecule has 102 valence electrons. The quantitative estimate of drug-likeness (QED) is 0.782. The summed E-state index contributed by atoms with van der Waals surface area (Å²) in [5.41, 5.74) is 4.65. The van der Waals surface area contributed by atoms with Gasteiger partial charge in [-0.05, 0) is 24.4 Å². The number of H-pyrrole nitrogens is 1. The van der Waals surface area contributed by atoms with Crippen LogP contribution in [0.15, 0.2) is 12.1 Å². The molecule has 3 N–H and O–H groups in total. The maximum Gasteiger partial charge on any atom is 0.416 e. The average Bonchev–Trinajstić information content (AvgIpc) is 2.55. The van der Waals surface area contributed by atoms with Crippen molar-refractivity contribution in [3.05, 3.63) is 32.5 Å². The number of rotatable bonds is 1. The van der Waals surface area contributed by atoms with Crippen molar-refractivity contribution >= 4 is 41.4 Å². The molecular formula is C9H5Cl2F3N4S. The molecule has 1 heterocycles. The second kappa shape index (κ2) is 4.69. The van der Waals surface area contributed by atoms with Gasteiger partial charge in [-0.3, -0.25) is 5.10 Å². The van der Waals surface area contributed by atoms with Crippen LogP contribution in [0, 0.1) is 4.77 Å². The van der Waals surface area contributed by atoms with Crippen LogP contribution in [0.3, 0.4) is 0 Å². The van der Waals surface area contributed by atoms with Crippen molar-refractivity contribution in [2.24, 2.45) is 0 Å². The fraction of sp³-hybridized carbons (Fsp3) is 0.111. The minimum absolute atomic E-state index is 0.0532. The Kier molecular flexibility index (Phi) is 3.50. The zero-order chi connectivity index (χ0) is 14.4. The molecule has 2 aromatic rings. The van der Waals surface area contributed by atoms with Gasteiger partial charge in [0.2, 0.25) is 10.7 Å². The first-order valence-corrected chi connectivity index (χ1v) is 5.87. The summed E-state index contributed by atoms with van der Waals surface area (Å²) >= 11 is 16.4. The third-order valence-corrected chi connectivity index (χ3v) is 2.98.